The summed E-state index contributed by atoms with van der Waals surface area (Å²) in [5.74, 6) is 1.41. The lowest BCUT2D eigenvalue weighted by atomic mass is 9.60. The van der Waals surface area contributed by atoms with Crippen molar-refractivity contribution in [2.45, 2.75) is 207 Å². The molecule has 0 aromatic heterocycles. The molecule has 3 aliphatic rings. The first kappa shape index (κ1) is 41.7. The highest BCUT2D eigenvalue weighted by atomic mass is 28.4. The molecule has 3 aliphatic carbocycles. The molecule has 4 nitrogen and oxygen atoms in total. The van der Waals surface area contributed by atoms with E-state index in [-0.39, 0.29) is 17.6 Å². The molecule has 0 radical (unpaired) electrons. The maximum Gasteiger partial charge on any atom is 0.303 e. The van der Waals surface area contributed by atoms with Crippen molar-refractivity contribution in [1.29, 1.82) is 0 Å². The minimum Gasteiger partial charge on any atom is -0.481 e. The Balaban J connectivity index is 2.03. The van der Waals surface area contributed by atoms with E-state index < -0.39 is 22.6 Å². The van der Waals surface area contributed by atoms with Gasteiger partial charge in [-0.1, -0.05) is 127 Å². The molecule has 0 unspecified atom stereocenters. The van der Waals surface area contributed by atoms with E-state index in [1.807, 2.05) is 0 Å². The lowest BCUT2D eigenvalue weighted by Gasteiger charge is -2.50. The van der Waals surface area contributed by atoms with Gasteiger partial charge in [0.1, 0.15) is 0 Å². The van der Waals surface area contributed by atoms with Crippen LogP contribution in [0.2, 0.25) is 33.2 Å². The van der Waals surface area contributed by atoms with Crippen LogP contribution in [0.15, 0.2) is 23.3 Å². The summed E-state index contributed by atoms with van der Waals surface area (Å²) in [5, 5.41) is 9.35. The molecule has 3 fully saturated rings. The number of carboxylic acids is 1. The van der Waals surface area contributed by atoms with Gasteiger partial charge in [0.05, 0.1) is 12.2 Å². The summed E-state index contributed by atoms with van der Waals surface area (Å²) in [4.78, 5) is 11.4. The molecule has 0 spiro atoms. The third-order valence-corrected chi connectivity index (χ3v) is 26.6. The van der Waals surface area contributed by atoms with Crippen molar-refractivity contribution < 1.29 is 18.8 Å². The standard InChI is InChI=1S/C42H78O4Si2/c1-27(2)47(28(3)4,29(5)6)45-37-25-36(34(14)40(26-37)46-48(30(7)8,31(9)10)32(11)12)20-19-35-17-16-24-42(15)38(21-22-39(35)42)33(13)18-23-41(43)44/h19-20,27-34,37-40H,16-18,21-26H2,1-15H3,(H,43,44)/b35-19?,36-20-/t33-,34-,37+,38-,39+,40-,42-/m1/s1. The van der Waals surface area contributed by atoms with E-state index in [2.05, 4.69) is 116 Å². The average Bonchev–Trinajstić information content (AvgIpc) is 3.34. The third kappa shape index (κ3) is 8.33. The number of hydrogen-bond donors (Lipinski definition) is 1. The number of allylic oxidation sites excluding steroid dienone is 3. The molecule has 0 aromatic carbocycles. The van der Waals surface area contributed by atoms with Crippen molar-refractivity contribution in [3.8, 4) is 0 Å². The van der Waals surface area contributed by atoms with Crippen LogP contribution >= 0.6 is 0 Å². The van der Waals surface area contributed by atoms with Gasteiger partial charge in [0.25, 0.3) is 0 Å². The van der Waals surface area contributed by atoms with Gasteiger partial charge in [0, 0.05) is 12.3 Å². The lowest BCUT2D eigenvalue weighted by Crippen LogP contribution is -2.55. The van der Waals surface area contributed by atoms with Crippen molar-refractivity contribution in [2.75, 3.05) is 0 Å². The van der Waals surface area contributed by atoms with Crippen molar-refractivity contribution in [1.82, 2.24) is 0 Å². The van der Waals surface area contributed by atoms with Crippen LogP contribution in [0.5, 0.6) is 0 Å². The Kier molecular flexibility index (Phi) is 14.6. The van der Waals surface area contributed by atoms with E-state index >= 15 is 0 Å². The summed E-state index contributed by atoms with van der Waals surface area (Å²) in [6, 6.07) is 0. The molecule has 0 aromatic rings. The van der Waals surface area contributed by atoms with Crippen molar-refractivity contribution in [3.63, 3.8) is 0 Å². The first-order valence-corrected chi connectivity index (χ1v) is 24.5. The van der Waals surface area contributed by atoms with Crippen LogP contribution < -0.4 is 0 Å². The molecule has 278 valence electrons. The van der Waals surface area contributed by atoms with Crippen LogP contribution in [0.3, 0.4) is 0 Å². The molecular formula is C42H78O4Si2. The average molecular weight is 703 g/mol. The summed E-state index contributed by atoms with van der Waals surface area (Å²) in [6.45, 7) is 36.3. The smallest absolute Gasteiger partial charge is 0.303 e. The second-order valence-corrected chi connectivity index (χ2v) is 29.6. The van der Waals surface area contributed by atoms with E-state index in [0.29, 0.717) is 63.3 Å². The van der Waals surface area contributed by atoms with Gasteiger partial charge in [0.2, 0.25) is 16.6 Å². The van der Waals surface area contributed by atoms with Gasteiger partial charge in [-0.3, -0.25) is 4.79 Å². The van der Waals surface area contributed by atoms with Crippen LogP contribution in [0.1, 0.15) is 162 Å². The zero-order valence-corrected chi connectivity index (χ0v) is 36.1. The first-order valence-electron chi connectivity index (χ1n) is 20.2. The third-order valence-electron chi connectivity index (χ3n) is 14.3. The van der Waals surface area contributed by atoms with Gasteiger partial charge in [-0.15, -0.1) is 0 Å². The molecular weight excluding hydrogens is 625 g/mol. The van der Waals surface area contributed by atoms with Gasteiger partial charge in [-0.05, 0) is 108 Å². The SMILES string of the molecule is CC(C)[Si](O[C@H]1C/C(=C/C=C2CCC[C@]3(C)[C@@H]([C@H](C)CCC(=O)O)CC[C@@H]23)[C@@H](C)[C@H](O[Si](C(C)C)(C(C)C)C(C)C)C1)(C(C)C)C(C)C. The van der Waals surface area contributed by atoms with Gasteiger partial charge < -0.3 is 14.0 Å². The minimum absolute atomic E-state index is 0.188. The van der Waals surface area contributed by atoms with Crippen LogP contribution in [0, 0.1) is 29.1 Å². The highest BCUT2D eigenvalue weighted by Crippen LogP contribution is 2.60. The zero-order valence-electron chi connectivity index (χ0n) is 34.1. The monoisotopic (exact) mass is 703 g/mol. The quantitative estimate of drug-likeness (QED) is 0.173. The maximum absolute atomic E-state index is 11.4. The predicted octanol–water partition coefficient (Wildman–Crippen LogP) is 13.1. The first-order chi connectivity index (χ1) is 22.2. The molecule has 48 heavy (non-hydrogen) atoms. The van der Waals surface area contributed by atoms with Crippen molar-refractivity contribution in [2.24, 2.45) is 29.1 Å². The Morgan fingerprint density at radius 3 is 1.81 bits per heavy atom. The zero-order chi connectivity index (χ0) is 36.4. The topological polar surface area (TPSA) is 55.8 Å². The summed E-state index contributed by atoms with van der Waals surface area (Å²) in [6.07, 6.45) is 14.8. The van der Waals surface area contributed by atoms with Crippen molar-refractivity contribution >= 4 is 22.6 Å². The van der Waals surface area contributed by atoms with E-state index in [9.17, 15) is 9.90 Å². The summed E-state index contributed by atoms with van der Waals surface area (Å²) < 4.78 is 15.3. The summed E-state index contributed by atoms with van der Waals surface area (Å²) in [5.41, 5.74) is 6.82. The fourth-order valence-corrected chi connectivity index (χ4v) is 23.3. The molecule has 7 atom stereocenters. The molecule has 3 rings (SSSR count). The van der Waals surface area contributed by atoms with Gasteiger partial charge in [-0.25, -0.2) is 0 Å². The Morgan fingerprint density at radius 1 is 0.812 bits per heavy atom. The number of aliphatic carboxylic acids is 1. The van der Waals surface area contributed by atoms with Gasteiger partial charge >= 0.3 is 5.97 Å². The predicted molar refractivity (Wildman–Crippen MR) is 211 cm³/mol. The summed E-state index contributed by atoms with van der Waals surface area (Å²) in [7, 11) is -4.14. The fraction of sp³-hybridized carbons (Fsp3) is 0.881. The number of carbonyl (C=O) groups is 1. The van der Waals surface area contributed by atoms with Crippen LogP contribution in [0.4, 0.5) is 0 Å². The fourth-order valence-electron chi connectivity index (χ4n) is 12.0. The molecule has 6 heteroatoms. The number of carboxylic acid groups (broad SMARTS) is 1. The van der Waals surface area contributed by atoms with E-state index in [1.54, 1.807) is 5.57 Å². The highest BCUT2D eigenvalue weighted by molar-refractivity contribution is 6.78. The van der Waals surface area contributed by atoms with Gasteiger partial charge in [-0.2, -0.15) is 0 Å². The molecule has 0 saturated heterocycles. The Hall–Kier alpha value is -0.696. The van der Waals surface area contributed by atoms with Crippen LogP contribution in [0.25, 0.3) is 0 Å². The van der Waals surface area contributed by atoms with Crippen LogP contribution in [-0.4, -0.2) is 39.9 Å². The normalized spacial score (nSPS) is 31.3. The highest BCUT2D eigenvalue weighted by Gasteiger charge is 2.52. The van der Waals surface area contributed by atoms with E-state index in [0.717, 1.165) is 19.3 Å². The second-order valence-electron chi connectivity index (χ2n) is 18.7. The Labute approximate surface area is 299 Å². The number of fused-ring (bicyclic) bond motifs is 1. The molecule has 0 heterocycles. The molecule has 3 saturated carbocycles. The minimum atomic E-state index is -2.08. The summed E-state index contributed by atoms with van der Waals surface area (Å²) >= 11 is 0. The van der Waals surface area contributed by atoms with Gasteiger partial charge in [0.15, 0.2) is 0 Å². The lowest BCUT2D eigenvalue weighted by molar-refractivity contribution is -0.137. The maximum atomic E-state index is 11.4. The number of rotatable bonds is 15. The van der Waals surface area contributed by atoms with E-state index in [4.69, 9.17) is 8.85 Å². The number of hydrogen-bond acceptors (Lipinski definition) is 3. The molecule has 0 bridgehead atoms. The second kappa shape index (κ2) is 16.8. The van der Waals surface area contributed by atoms with Crippen molar-refractivity contribution in [3.05, 3.63) is 23.3 Å². The van der Waals surface area contributed by atoms with E-state index in [1.165, 1.54) is 37.7 Å². The Morgan fingerprint density at radius 2 is 1.31 bits per heavy atom. The largest absolute Gasteiger partial charge is 0.481 e. The molecule has 1 N–H and O–H groups in total. The molecule has 0 amide bonds. The molecule has 0 aliphatic heterocycles. The Bertz CT molecular complexity index is 1080. The van der Waals surface area contributed by atoms with Crippen LogP contribution in [-0.2, 0) is 13.6 Å².